The average molecular weight is 205 g/mol. The lowest BCUT2D eigenvalue weighted by atomic mass is 9.96. The highest BCUT2D eigenvalue weighted by molar-refractivity contribution is 5.29. The summed E-state index contributed by atoms with van der Waals surface area (Å²) in [6.45, 7) is 0.328. The van der Waals surface area contributed by atoms with Gasteiger partial charge < -0.3 is 10.2 Å². The van der Waals surface area contributed by atoms with E-state index in [1.807, 2.05) is 6.07 Å². The van der Waals surface area contributed by atoms with Crippen LogP contribution in [0.25, 0.3) is 0 Å². The molecule has 2 rings (SSSR count). The third kappa shape index (κ3) is 1.92. The van der Waals surface area contributed by atoms with E-state index in [9.17, 15) is 4.39 Å². The first-order valence-electron chi connectivity index (χ1n) is 4.81. The van der Waals surface area contributed by atoms with Crippen molar-refractivity contribution in [2.45, 2.75) is 5.92 Å². The minimum Gasteiger partial charge on any atom is -0.469 e. The van der Waals surface area contributed by atoms with E-state index < -0.39 is 0 Å². The minimum atomic E-state index is -0.246. The molecule has 1 heterocycles. The topological polar surface area (TPSA) is 39.2 Å². The van der Waals surface area contributed by atoms with E-state index in [2.05, 4.69) is 0 Å². The van der Waals surface area contributed by atoms with Crippen molar-refractivity contribution < 1.29 is 8.81 Å². The van der Waals surface area contributed by atoms with Crippen LogP contribution in [0, 0.1) is 5.82 Å². The van der Waals surface area contributed by atoms with Gasteiger partial charge in [-0.25, -0.2) is 4.39 Å². The van der Waals surface area contributed by atoms with Gasteiger partial charge in [0, 0.05) is 6.54 Å². The van der Waals surface area contributed by atoms with Crippen LogP contribution in [-0.2, 0) is 0 Å². The zero-order valence-electron chi connectivity index (χ0n) is 8.19. The molecular weight excluding hydrogens is 193 g/mol. The molecule has 1 unspecified atom stereocenters. The molecule has 0 spiro atoms. The maximum absolute atomic E-state index is 13.5. The van der Waals surface area contributed by atoms with Crippen LogP contribution >= 0.6 is 0 Å². The second kappa shape index (κ2) is 4.28. The number of hydrogen-bond donors (Lipinski definition) is 1. The predicted molar refractivity (Wildman–Crippen MR) is 56.0 cm³/mol. The molecule has 1 aromatic heterocycles. The van der Waals surface area contributed by atoms with Crippen LogP contribution < -0.4 is 5.73 Å². The van der Waals surface area contributed by atoms with E-state index >= 15 is 0 Å². The monoisotopic (exact) mass is 205 g/mol. The fourth-order valence-corrected chi connectivity index (χ4v) is 1.64. The van der Waals surface area contributed by atoms with Crippen LogP contribution in [0.3, 0.4) is 0 Å². The van der Waals surface area contributed by atoms with Crippen molar-refractivity contribution in [2.75, 3.05) is 6.54 Å². The van der Waals surface area contributed by atoms with Gasteiger partial charge in [-0.05, 0) is 23.8 Å². The summed E-state index contributed by atoms with van der Waals surface area (Å²) < 4.78 is 18.8. The molecular formula is C12H12FNO. The highest BCUT2D eigenvalue weighted by Gasteiger charge is 2.18. The van der Waals surface area contributed by atoms with Gasteiger partial charge in [-0.3, -0.25) is 0 Å². The molecule has 1 aromatic carbocycles. The first-order chi connectivity index (χ1) is 7.33. The molecule has 78 valence electrons. The Morgan fingerprint density at radius 3 is 2.60 bits per heavy atom. The molecule has 0 amide bonds. The van der Waals surface area contributed by atoms with Crippen molar-refractivity contribution in [2.24, 2.45) is 5.73 Å². The SMILES string of the molecule is NCC(c1ccco1)c1ccccc1F. The first kappa shape index (κ1) is 9.93. The Morgan fingerprint density at radius 2 is 2.00 bits per heavy atom. The van der Waals surface area contributed by atoms with Crippen molar-refractivity contribution in [1.29, 1.82) is 0 Å². The zero-order chi connectivity index (χ0) is 10.7. The maximum Gasteiger partial charge on any atom is 0.127 e. The second-order valence-electron chi connectivity index (χ2n) is 3.33. The quantitative estimate of drug-likeness (QED) is 0.836. The van der Waals surface area contributed by atoms with Gasteiger partial charge in [0.1, 0.15) is 11.6 Å². The number of rotatable bonds is 3. The standard InChI is InChI=1S/C12H12FNO/c13-11-5-2-1-4-9(11)10(8-14)12-6-3-7-15-12/h1-7,10H,8,14H2. The molecule has 2 nitrogen and oxygen atoms in total. The fraction of sp³-hybridized carbons (Fsp3) is 0.167. The molecule has 0 saturated heterocycles. The van der Waals surface area contributed by atoms with Crippen molar-refractivity contribution in [3.63, 3.8) is 0 Å². The van der Waals surface area contributed by atoms with Crippen molar-refractivity contribution >= 4 is 0 Å². The molecule has 2 N–H and O–H groups in total. The molecule has 0 aliphatic rings. The summed E-state index contributed by atoms with van der Waals surface area (Å²) in [5.74, 6) is 0.244. The third-order valence-electron chi connectivity index (χ3n) is 2.40. The molecule has 0 aliphatic heterocycles. The van der Waals surface area contributed by atoms with Crippen LogP contribution in [0.2, 0.25) is 0 Å². The molecule has 0 bridgehead atoms. The van der Waals surface area contributed by atoms with Gasteiger partial charge in [-0.1, -0.05) is 18.2 Å². The van der Waals surface area contributed by atoms with E-state index in [1.54, 1.807) is 30.5 Å². The Hall–Kier alpha value is -1.61. The highest BCUT2D eigenvalue weighted by Crippen LogP contribution is 2.25. The van der Waals surface area contributed by atoms with Crippen LogP contribution in [-0.4, -0.2) is 6.54 Å². The molecule has 2 aromatic rings. The summed E-state index contributed by atoms with van der Waals surface area (Å²) >= 11 is 0. The van der Waals surface area contributed by atoms with Crippen LogP contribution in [0.5, 0.6) is 0 Å². The fourth-order valence-electron chi connectivity index (χ4n) is 1.64. The summed E-state index contributed by atoms with van der Waals surface area (Å²) in [7, 11) is 0. The van der Waals surface area contributed by atoms with Crippen molar-refractivity contribution in [3.8, 4) is 0 Å². The van der Waals surface area contributed by atoms with Gasteiger partial charge in [0.25, 0.3) is 0 Å². The van der Waals surface area contributed by atoms with Gasteiger partial charge in [0.05, 0.1) is 12.2 Å². The lowest BCUT2D eigenvalue weighted by molar-refractivity contribution is 0.478. The van der Waals surface area contributed by atoms with E-state index in [1.165, 1.54) is 6.07 Å². The van der Waals surface area contributed by atoms with Gasteiger partial charge in [-0.2, -0.15) is 0 Å². The molecule has 0 saturated carbocycles. The number of benzene rings is 1. The number of hydrogen-bond acceptors (Lipinski definition) is 2. The predicted octanol–water partition coefficient (Wildman–Crippen LogP) is 2.51. The lowest BCUT2D eigenvalue weighted by Gasteiger charge is -2.12. The number of halogens is 1. The van der Waals surface area contributed by atoms with Crippen molar-refractivity contribution in [3.05, 3.63) is 59.8 Å². The summed E-state index contributed by atoms with van der Waals surface area (Å²) in [6, 6.07) is 10.2. The van der Waals surface area contributed by atoms with Crippen LogP contribution in [0.1, 0.15) is 17.2 Å². The second-order valence-corrected chi connectivity index (χ2v) is 3.33. The smallest absolute Gasteiger partial charge is 0.127 e. The van der Waals surface area contributed by atoms with Gasteiger partial charge >= 0.3 is 0 Å². The molecule has 0 fully saturated rings. The molecule has 15 heavy (non-hydrogen) atoms. The Kier molecular flexibility index (Phi) is 2.83. The summed E-state index contributed by atoms with van der Waals surface area (Å²) in [5, 5.41) is 0. The number of nitrogens with two attached hydrogens (primary N) is 1. The molecule has 0 radical (unpaired) electrons. The van der Waals surface area contributed by atoms with E-state index in [0.717, 1.165) is 0 Å². The Bertz CT molecular complexity index is 425. The van der Waals surface area contributed by atoms with E-state index in [-0.39, 0.29) is 11.7 Å². The van der Waals surface area contributed by atoms with Crippen LogP contribution in [0.4, 0.5) is 4.39 Å². The summed E-state index contributed by atoms with van der Waals surface area (Å²) in [5.41, 5.74) is 6.22. The molecule has 1 atom stereocenters. The molecule has 0 aliphatic carbocycles. The lowest BCUT2D eigenvalue weighted by Crippen LogP contribution is -2.14. The minimum absolute atomic E-state index is 0.207. The summed E-state index contributed by atoms with van der Waals surface area (Å²) in [4.78, 5) is 0. The van der Waals surface area contributed by atoms with Crippen molar-refractivity contribution in [1.82, 2.24) is 0 Å². The number of furan rings is 1. The van der Waals surface area contributed by atoms with Gasteiger partial charge in [0.2, 0.25) is 0 Å². The van der Waals surface area contributed by atoms with Gasteiger partial charge in [-0.15, -0.1) is 0 Å². The Balaban J connectivity index is 2.40. The largest absolute Gasteiger partial charge is 0.469 e. The van der Waals surface area contributed by atoms with Crippen LogP contribution in [0.15, 0.2) is 47.1 Å². The first-order valence-corrected chi connectivity index (χ1v) is 4.81. The Morgan fingerprint density at radius 1 is 1.20 bits per heavy atom. The maximum atomic E-state index is 13.5. The highest BCUT2D eigenvalue weighted by atomic mass is 19.1. The third-order valence-corrected chi connectivity index (χ3v) is 2.40. The van der Waals surface area contributed by atoms with E-state index in [0.29, 0.717) is 17.9 Å². The zero-order valence-corrected chi connectivity index (χ0v) is 8.19. The summed E-state index contributed by atoms with van der Waals surface area (Å²) in [6.07, 6.45) is 1.57. The normalized spacial score (nSPS) is 12.7. The van der Waals surface area contributed by atoms with E-state index in [4.69, 9.17) is 10.2 Å². The Labute approximate surface area is 87.5 Å². The van der Waals surface area contributed by atoms with Gasteiger partial charge in [0.15, 0.2) is 0 Å². The molecule has 3 heteroatoms. The average Bonchev–Trinajstić information content (AvgIpc) is 2.75.